The molecule has 0 aliphatic rings. The van der Waals surface area contributed by atoms with Crippen molar-refractivity contribution in [2.24, 2.45) is 5.41 Å². The maximum absolute atomic E-state index is 11.1. The molecule has 15 heavy (non-hydrogen) atoms. The molecule has 3 heteroatoms. The zero-order valence-corrected chi connectivity index (χ0v) is 9.23. The topological polar surface area (TPSA) is 50.2 Å². The van der Waals surface area contributed by atoms with E-state index in [-0.39, 0.29) is 0 Å². The van der Waals surface area contributed by atoms with E-state index in [1.165, 1.54) is 0 Å². The minimum absolute atomic E-state index is 0.627. The molecule has 0 fully saturated rings. The van der Waals surface area contributed by atoms with Gasteiger partial charge in [0.25, 0.3) is 0 Å². The Morgan fingerprint density at radius 3 is 2.73 bits per heavy atom. The van der Waals surface area contributed by atoms with Crippen LogP contribution >= 0.6 is 0 Å². The fourth-order valence-electron chi connectivity index (χ4n) is 1.38. The fourth-order valence-corrected chi connectivity index (χ4v) is 1.38. The number of aromatic nitrogens is 1. The van der Waals surface area contributed by atoms with Crippen LogP contribution in [0.4, 0.5) is 0 Å². The normalized spacial score (nSPS) is 14.5. The van der Waals surface area contributed by atoms with Crippen LogP contribution in [-0.2, 0) is 11.2 Å². The van der Waals surface area contributed by atoms with Crippen molar-refractivity contribution in [3.8, 4) is 0 Å². The summed E-state index contributed by atoms with van der Waals surface area (Å²) >= 11 is 0. The van der Waals surface area contributed by atoms with Crippen LogP contribution in [0.25, 0.3) is 0 Å². The Bertz CT molecular complexity index is 324. The average molecular weight is 207 g/mol. The number of nitrogens with zero attached hydrogens (tertiary/aromatic N) is 1. The van der Waals surface area contributed by atoms with Gasteiger partial charge in [0, 0.05) is 11.9 Å². The summed E-state index contributed by atoms with van der Waals surface area (Å²) in [5.41, 5.74) is 0.329. The Balaban J connectivity index is 2.59. The number of carbonyl (C=O) groups is 1. The number of rotatable bonds is 5. The predicted molar refractivity (Wildman–Crippen MR) is 58.6 cm³/mol. The smallest absolute Gasteiger partial charge is 0.309 e. The molecule has 1 aromatic rings. The molecule has 0 spiro atoms. The lowest BCUT2D eigenvalue weighted by atomic mass is 9.82. The van der Waals surface area contributed by atoms with E-state index in [1.807, 2.05) is 25.1 Å². The van der Waals surface area contributed by atoms with Gasteiger partial charge in [-0.3, -0.25) is 9.78 Å². The van der Waals surface area contributed by atoms with E-state index in [2.05, 4.69) is 4.98 Å². The standard InChI is InChI=1S/C12H17NO2/c1-3-12(2,11(14)15)8-7-10-6-4-5-9-13-10/h4-6,9H,3,7-8H2,1-2H3,(H,14,15). The van der Waals surface area contributed by atoms with E-state index in [1.54, 1.807) is 13.1 Å². The monoisotopic (exact) mass is 207 g/mol. The lowest BCUT2D eigenvalue weighted by Crippen LogP contribution is -2.27. The lowest BCUT2D eigenvalue weighted by Gasteiger charge is -2.22. The number of aryl methyl sites for hydroxylation is 1. The molecule has 3 nitrogen and oxygen atoms in total. The summed E-state index contributed by atoms with van der Waals surface area (Å²) < 4.78 is 0. The van der Waals surface area contributed by atoms with Crippen LogP contribution in [0.1, 0.15) is 32.4 Å². The third kappa shape index (κ3) is 3.05. The molecule has 82 valence electrons. The van der Waals surface area contributed by atoms with Crippen LogP contribution in [-0.4, -0.2) is 16.1 Å². The van der Waals surface area contributed by atoms with Gasteiger partial charge in [0.1, 0.15) is 0 Å². The van der Waals surface area contributed by atoms with Gasteiger partial charge in [-0.1, -0.05) is 13.0 Å². The maximum Gasteiger partial charge on any atom is 0.309 e. The van der Waals surface area contributed by atoms with E-state index >= 15 is 0 Å². The largest absolute Gasteiger partial charge is 0.481 e. The van der Waals surface area contributed by atoms with Gasteiger partial charge < -0.3 is 5.11 Å². The molecule has 1 heterocycles. The average Bonchev–Trinajstić information content (AvgIpc) is 2.27. The molecule has 1 rings (SSSR count). The first kappa shape index (κ1) is 11.7. The molecule has 1 aromatic heterocycles. The summed E-state index contributed by atoms with van der Waals surface area (Å²) in [6, 6.07) is 5.71. The van der Waals surface area contributed by atoms with Crippen molar-refractivity contribution >= 4 is 5.97 Å². The van der Waals surface area contributed by atoms with Gasteiger partial charge in [-0.25, -0.2) is 0 Å². The van der Waals surface area contributed by atoms with Gasteiger partial charge >= 0.3 is 5.97 Å². The van der Waals surface area contributed by atoms with E-state index in [9.17, 15) is 4.79 Å². The van der Waals surface area contributed by atoms with Crippen LogP contribution in [0.5, 0.6) is 0 Å². The minimum atomic E-state index is -0.721. The second kappa shape index (κ2) is 4.91. The molecule has 1 atom stereocenters. The molecule has 1 N–H and O–H groups in total. The SMILES string of the molecule is CCC(C)(CCc1ccccn1)C(=O)O. The van der Waals surface area contributed by atoms with Crippen molar-refractivity contribution in [2.75, 3.05) is 0 Å². The van der Waals surface area contributed by atoms with Gasteiger partial charge in [-0.2, -0.15) is 0 Å². The molecule has 0 saturated heterocycles. The summed E-state index contributed by atoms with van der Waals surface area (Å²) in [7, 11) is 0. The Kier molecular flexibility index (Phi) is 3.83. The van der Waals surface area contributed by atoms with Crippen molar-refractivity contribution in [3.05, 3.63) is 30.1 Å². The minimum Gasteiger partial charge on any atom is -0.481 e. The third-order valence-electron chi connectivity index (χ3n) is 2.96. The Hall–Kier alpha value is -1.38. The molecule has 0 aliphatic carbocycles. The first-order valence-corrected chi connectivity index (χ1v) is 5.22. The zero-order valence-electron chi connectivity index (χ0n) is 9.23. The molecular formula is C12H17NO2. The van der Waals surface area contributed by atoms with Crippen LogP contribution in [0.3, 0.4) is 0 Å². The van der Waals surface area contributed by atoms with Crippen molar-refractivity contribution < 1.29 is 9.90 Å². The van der Waals surface area contributed by atoms with Crippen LogP contribution < -0.4 is 0 Å². The molecular weight excluding hydrogens is 190 g/mol. The second-order valence-corrected chi connectivity index (χ2v) is 4.04. The summed E-state index contributed by atoms with van der Waals surface area (Å²) in [5, 5.41) is 9.09. The highest BCUT2D eigenvalue weighted by Gasteiger charge is 2.30. The first-order chi connectivity index (χ1) is 7.08. The van der Waals surface area contributed by atoms with Gasteiger partial charge in [0.15, 0.2) is 0 Å². The Labute approximate surface area is 90.2 Å². The maximum atomic E-state index is 11.1. The van der Waals surface area contributed by atoms with Crippen LogP contribution in [0, 0.1) is 5.41 Å². The Morgan fingerprint density at radius 1 is 1.53 bits per heavy atom. The molecule has 1 unspecified atom stereocenters. The molecule has 0 bridgehead atoms. The molecule has 0 saturated carbocycles. The van der Waals surface area contributed by atoms with Crippen molar-refractivity contribution in [2.45, 2.75) is 33.1 Å². The van der Waals surface area contributed by atoms with Crippen LogP contribution in [0.15, 0.2) is 24.4 Å². The van der Waals surface area contributed by atoms with Crippen molar-refractivity contribution in [1.82, 2.24) is 4.98 Å². The van der Waals surface area contributed by atoms with Crippen LogP contribution in [0.2, 0.25) is 0 Å². The molecule has 0 radical (unpaired) electrons. The highest BCUT2D eigenvalue weighted by molar-refractivity contribution is 5.73. The van der Waals surface area contributed by atoms with Gasteiger partial charge in [0.2, 0.25) is 0 Å². The zero-order chi connectivity index (χ0) is 11.3. The number of hydrogen-bond donors (Lipinski definition) is 1. The quantitative estimate of drug-likeness (QED) is 0.807. The fraction of sp³-hybridized carbons (Fsp3) is 0.500. The molecule has 0 aromatic carbocycles. The summed E-state index contributed by atoms with van der Waals surface area (Å²) in [6.07, 6.45) is 3.74. The molecule has 0 aliphatic heterocycles. The third-order valence-corrected chi connectivity index (χ3v) is 2.96. The predicted octanol–water partition coefficient (Wildman–Crippen LogP) is 2.52. The summed E-state index contributed by atoms with van der Waals surface area (Å²) in [6.45, 7) is 3.70. The number of carboxylic acids is 1. The van der Waals surface area contributed by atoms with Gasteiger partial charge in [-0.15, -0.1) is 0 Å². The van der Waals surface area contributed by atoms with E-state index in [0.29, 0.717) is 12.8 Å². The number of aliphatic carboxylic acids is 1. The number of pyridine rings is 1. The van der Waals surface area contributed by atoms with E-state index in [4.69, 9.17) is 5.11 Å². The van der Waals surface area contributed by atoms with E-state index in [0.717, 1.165) is 12.1 Å². The van der Waals surface area contributed by atoms with E-state index < -0.39 is 11.4 Å². The molecule has 0 amide bonds. The summed E-state index contributed by atoms with van der Waals surface area (Å²) in [4.78, 5) is 15.2. The van der Waals surface area contributed by atoms with Gasteiger partial charge in [-0.05, 0) is 38.3 Å². The second-order valence-electron chi connectivity index (χ2n) is 4.04. The first-order valence-electron chi connectivity index (χ1n) is 5.22. The van der Waals surface area contributed by atoms with Crippen molar-refractivity contribution in [3.63, 3.8) is 0 Å². The number of hydrogen-bond acceptors (Lipinski definition) is 2. The Morgan fingerprint density at radius 2 is 2.27 bits per heavy atom. The lowest BCUT2D eigenvalue weighted by molar-refractivity contribution is -0.148. The highest BCUT2D eigenvalue weighted by atomic mass is 16.4. The summed E-state index contributed by atoms with van der Waals surface area (Å²) in [5.74, 6) is -0.721. The van der Waals surface area contributed by atoms with Gasteiger partial charge in [0.05, 0.1) is 5.41 Å². The highest BCUT2D eigenvalue weighted by Crippen LogP contribution is 2.27. The van der Waals surface area contributed by atoms with Crippen molar-refractivity contribution in [1.29, 1.82) is 0 Å². The number of carboxylic acid groups (broad SMARTS) is 1.